The lowest BCUT2D eigenvalue weighted by Gasteiger charge is -2.31. The molecular formula is C11H18N4O7S. The van der Waals surface area contributed by atoms with Gasteiger partial charge in [0.15, 0.2) is 0 Å². The lowest BCUT2D eigenvalue weighted by molar-refractivity contribution is -0.148. The largest absolute Gasteiger partial charge is 0.418 e. The molecule has 2 bridgehead atoms. The number of piperidine rings is 1. The second kappa shape index (κ2) is 6.39. The molecule has 2 fully saturated rings. The number of hydrazine groups is 1. The summed E-state index contributed by atoms with van der Waals surface area (Å²) >= 11 is 0. The molecule has 11 nitrogen and oxygen atoms in total. The number of fused-ring (bicyclic) bond motifs is 2. The molecule has 2 atom stereocenters. The smallest absolute Gasteiger partial charge is 0.309 e. The minimum absolute atomic E-state index is 0.0422. The van der Waals surface area contributed by atoms with E-state index < -0.39 is 40.3 Å². The van der Waals surface area contributed by atoms with Crippen molar-refractivity contribution in [2.75, 3.05) is 6.54 Å². The van der Waals surface area contributed by atoms with Gasteiger partial charge < -0.3 is 4.90 Å². The van der Waals surface area contributed by atoms with Crippen LogP contribution < -0.4 is 5.84 Å². The van der Waals surface area contributed by atoms with E-state index in [0.717, 1.165) is 4.90 Å². The van der Waals surface area contributed by atoms with E-state index in [1.807, 2.05) is 0 Å². The molecule has 0 aliphatic carbocycles. The first-order valence-corrected chi connectivity index (χ1v) is 8.40. The van der Waals surface area contributed by atoms with Crippen LogP contribution in [0.15, 0.2) is 0 Å². The van der Waals surface area contributed by atoms with Gasteiger partial charge in [-0.2, -0.15) is 13.5 Å². The van der Waals surface area contributed by atoms with Crippen molar-refractivity contribution in [1.29, 1.82) is 0 Å². The molecule has 12 heteroatoms. The Morgan fingerprint density at radius 2 is 2.09 bits per heavy atom. The van der Waals surface area contributed by atoms with Crippen molar-refractivity contribution in [2.45, 2.75) is 44.7 Å². The van der Waals surface area contributed by atoms with Gasteiger partial charge in [0.25, 0.3) is 5.91 Å². The fraction of sp³-hybridized carbons (Fsp3) is 0.727. The number of carbonyl (C=O) groups is 3. The summed E-state index contributed by atoms with van der Waals surface area (Å²) < 4.78 is 34.5. The van der Waals surface area contributed by atoms with Crippen molar-refractivity contribution in [3.63, 3.8) is 0 Å². The Hall–Kier alpha value is -1.76. The molecule has 0 saturated carbocycles. The first-order chi connectivity index (χ1) is 10.7. The maximum Gasteiger partial charge on any atom is 0.418 e. The van der Waals surface area contributed by atoms with Crippen LogP contribution in [0.5, 0.6) is 0 Å². The number of carbonyl (C=O) groups excluding carboxylic acids is 3. The van der Waals surface area contributed by atoms with E-state index in [-0.39, 0.29) is 25.8 Å². The van der Waals surface area contributed by atoms with E-state index >= 15 is 0 Å². The van der Waals surface area contributed by atoms with Gasteiger partial charge in [-0.3, -0.25) is 14.1 Å². The Kier molecular flexibility index (Phi) is 4.89. The summed E-state index contributed by atoms with van der Waals surface area (Å²) in [6.07, 6.45) is 1.09. The van der Waals surface area contributed by atoms with Crippen LogP contribution in [0.3, 0.4) is 0 Å². The zero-order valence-corrected chi connectivity index (χ0v) is 13.2. The second-order valence-electron chi connectivity index (χ2n) is 5.36. The molecule has 2 aliphatic heterocycles. The van der Waals surface area contributed by atoms with E-state index in [1.165, 1.54) is 0 Å². The van der Waals surface area contributed by atoms with Crippen LogP contribution in [0.25, 0.3) is 0 Å². The zero-order chi connectivity index (χ0) is 17.4. The van der Waals surface area contributed by atoms with Crippen molar-refractivity contribution in [3.05, 3.63) is 0 Å². The van der Waals surface area contributed by atoms with E-state index in [9.17, 15) is 22.8 Å². The third-order valence-corrected chi connectivity index (χ3v) is 4.10. The topological polar surface area (TPSA) is 151 Å². The summed E-state index contributed by atoms with van der Waals surface area (Å²) in [7, 11) is -4.85. The van der Waals surface area contributed by atoms with Gasteiger partial charge in [-0.1, -0.05) is 6.92 Å². The number of rotatable bonds is 5. The monoisotopic (exact) mass is 350 g/mol. The summed E-state index contributed by atoms with van der Waals surface area (Å²) in [5, 5.41) is 1.02. The highest BCUT2D eigenvalue weighted by Gasteiger charge is 2.50. The Bertz CT molecular complexity index is 622. The van der Waals surface area contributed by atoms with Crippen LogP contribution in [-0.4, -0.2) is 64.4 Å². The normalized spacial score (nSPS) is 24.0. The minimum atomic E-state index is -4.85. The molecule has 2 heterocycles. The highest BCUT2D eigenvalue weighted by molar-refractivity contribution is 7.80. The molecule has 4 amide bonds. The predicted octanol–water partition coefficient (Wildman–Crippen LogP) is -0.982. The van der Waals surface area contributed by atoms with Gasteiger partial charge >= 0.3 is 16.4 Å². The fourth-order valence-corrected chi connectivity index (χ4v) is 3.09. The maximum atomic E-state index is 12.3. The molecule has 2 aliphatic rings. The van der Waals surface area contributed by atoms with Gasteiger partial charge in [0.05, 0.1) is 6.04 Å². The summed E-state index contributed by atoms with van der Waals surface area (Å²) in [6, 6.07) is -2.45. The number of hydroxylamine groups is 2. The molecule has 0 aromatic heterocycles. The molecule has 3 N–H and O–H groups in total. The summed E-state index contributed by atoms with van der Waals surface area (Å²) in [5.41, 5.74) is 0. The highest BCUT2D eigenvalue weighted by Crippen LogP contribution is 2.31. The van der Waals surface area contributed by atoms with Gasteiger partial charge in [-0.15, -0.1) is 4.28 Å². The third kappa shape index (κ3) is 3.60. The second-order valence-corrected chi connectivity index (χ2v) is 6.37. The molecule has 0 aromatic carbocycles. The van der Waals surface area contributed by atoms with E-state index in [1.54, 1.807) is 6.92 Å². The molecule has 0 spiro atoms. The van der Waals surface area contributed by atoms with E-state index in [0.29, 0.717) is 16.5 Å². The van der Waals surface area contributed by atoms with Crippen LogP contribution in [0.4, 0.5) is 4.79 Å². The van der Waals surface area contributed by atoms with Crippen molar-refractivity contribution in [3.8, 4) is 0 Å². The average Bonchev–Trinajstić information content (AvgIpc) is 2.70. The summed E-state index contributed by atoms with van der Waals surface area (Å²) in [4.78, 5) is 37.2. The van der Waals surface area contributed by atoms with Crippen LogP contribution in [0, 0.1) is 0 Å². The number of hydrogen-bond donors (Lipinski definition) is 2. The third-order valence-electron chi connectivity index (χ3n) is 3.75. The Balaban J connectivity index is 2.12. The Morgan fingerprint density at radius 3 is 2.65 bits per heavy atom. The maximum absolute atomic E-state index is 12.3. The summed E-state index contributed by atoms with van der Waals surface area (Å²) in [6.45, 7) is 1.80. The molecule has 2 rings (SSSR count). The summed E-state index contributed by atoms with van der Waals surface area (Å²) in [5.74, 6) is 4.22. The minimum Gasteiger partial charge on any atom is -0.309 e. The van der Waals surface area contributed by atoms with Gasteiger partial charge in [-0.25, -0.2) is 15.6 Å². The standard InChI is InChI=1S/C11H18N4O7S/c1-2-3-9(16)14(12)10(17)8-5-4-7-6-13(8)11(18)15(7)22-23(19,20)21/h7-8H,2-6,12H2,1H3,(H,19,20,21). The van der Waals surface area contributed by atoms with Crippen LogP contribution in [-0.2, 0) is 24.3 Å². The number of hydrogen-bond acceptors (Lipinski definition) is 7. The van der Waals surface area contributed by atoms with E-state index in [4.69, 9.17) is 10.4 Å². The molecule has 0 aromatic rings. The Labute approximate surface area is 132 Å². The van der Waals surface area contributed by atoms with Gasteiger partial charge in [0, 0.05) is 13.0 Å². The van der Waals surface area contributed by atoms with Crippen molar-refractivity contribution < 1.29 is 31.6 Å². The van der Waals surface area contributed by atoms with Crippen molar-refractivity contribution >= 4 is 28.2 Å². The fourth-order valence-electron chi connectivity index (χ4n) is 2.71. The van der Waals surface area contributed by atoms with Gasteiger partial charge in [0.2, 0.25) is 5.91 Å². The molecule has 0 radical (unpaired) electrons. The average molecular weight is 350 g/mol. The quantitative estimate of drug-likeness (QED) is 0.278. The number of urea groups is 1. The van der Waals surface area contributed by atoms with Crippen molar-refractivity contribution in [1.82, 2.24) is 15.0 Å². The Morgan fingerprint density at radius 1 is 1.43 bits per heavy atom. The molecular weight excluding hydrogens is 332 g/mol. The van der Waals surface area contributed by atoms with E-state index in [2.05, 4.69) is 4.28 Å². The molecule has 2 saturated heterocycles. The SMILES string of the molecule is CCCC(=O)N(N)C(=O)C1CCC2CN1C(=O)N2OS(=O)(=O)O. The zero-order valence-electron chi connectivity index (χ0n) is 12.4. The van der Waals surface area contributed by atoms with Crippen LogP contribution in [0.1, 0.15) is 32.6 Å². The van der Waals surface area contributed by atoms with Crippen molar-refractivity contribution in [2.24, 2.45) is 5.84 Å². The molecule has 23 heavy (non-hydrogen) atoms. The first kappa shape index (κ1) is 17.6. The predicted molar refractivity (Wildman–Crippen MR) is 74.3 cm³/mol. The lowest BCUT2D eigenvalue weighted by atomic mass is 10.00. The first-order valence-electron chi connectivity index (χ1n) is 7.04. The number of nitrogens with two attached hydrogens (primary N) is 1. The number of imide groups is 1. The van der Waals surface area contributed by atoms with Crippen LogP contribution in [0.2, 0.25) is 0 Å². The van der Waals surface area contributed by atoms with Gasteiger partial charge in [0.1, 0.15) is 6.04 Å². The molecule has 2 unspecified atom stereocenters. The number of amides is 4. The lowest BCUT2D eigenvalue weighted by Crippen LogP contribution is -2.55. The van der Waals surface area contributed by atoms with Gasteiger partial charge in [-0.05, 0) is 19.3 Å². The highest BCUT2D eigenvalue weighted by atomic mass is 32.3. The number of nitrogens with zero attached hydrogens (tertiary/aromatic N) is 3. The molecule has 130 valence electrons. The van der Waals surface area contributed by atoms with Crippen LogP contribution >= 0.6 is 0 Å².